The quantitative estimate of drug-likeness (QED) is 0.529. The normalized spacial score (nSPS) is 13.9. The molecule has 1 fully saturated rings. The predicted octanol–water partition coefficient (Wildman–Crippen LogP) is 5.26. The number of nitrogens with one attached hydrogen (secondary N) is 1. The summed E-state index contributed by atoms with van der Waals surface area (Å²) in [4.78, 5) is 29.1. The van der Waals surface area contributed by atoms with Crippen LogP contribution in [-0.4, -0.2) is 42.9 Å². The van der Waals surface area contributed by atoms with E-state index in [-0.39, 0.29) is 11.8 Å². The van der Waals surface area contributed by atoms with Crippen LogP contribution in [0, 0.1) is 6.92 Å². The number of hydrogen-bond acceptors (Lipinski definition) is 3. The fourth-order valence-corrected chi connectivity index (χ4v) is 4.10. The Labute approximate surface area is 199 Å². The minimum absolute atomic E-state index is 0.0336. The molecule has 1 N–H and O–H groups in total. The molecule has 1 saturated heterocycles. The average Bonchev–Trinajstić information content (AvgIpc) is 2.84. The lowest BCUT2D eigenvalue weighted by molar-refractivity contribution is -0.126. The van der Waals surface area contributed by atoms with E-state index < -0.39 is 0 Å². The van der Waals surface area contributed by atoms with Gasteiger partial charge in [0.05, 0.1) is 10.6 Å². The van der Waals surface area contributed by atoms with Crippen molar-refractivity contribution in [3.05, 3.63) is 101 Å². The number of piperazine rings is 1. The van der Waals surface area contributed by atoms with Gasteiger partial charge in [-0.3, -0.25) is 9.59 Å². The number of rotatable bonds is 5. The van der Waals surface area contributed by atoms with Gasteiger partial charge in [0.25, 0.3) is 5.91 Å². The molecule has 0 radical (unpaired) electrons. The van der Waals surface area contributed by atoms with Crippen LogP contribution in [0.15, 0.2) is 78.9 Å². The number of aryl methyl sites for hydroxylation is 1. The summed E-state index contributed by atoms with van der Waals surface area (Å²) in [6.45, 7) is 4.79. The van der Waals surface area contributed by atoms with Crippen molar-refractivity contribution < 1.29 is 9.59 Å². The maximum atomic E-state index is 12.5. The third kappa shape index (κ3) is 5.82. The van der Waals surface area contributed by atoms with Crippen molar-refractivity contribution >= 4 is 40.9 Å². The van der Waals surface area contributed by atoms with E-state index in [1.165, 1.54) is 0 Å². The Morgan fingerprint density at radius 3 is 2.27 bits per heavy atom. The van der Waals surface area contributed by atoms with Gasteiger partial charge < -0.3 is 15.1 Å². The summed E-state index contributed by atoms with van der Waals surface area (Å²) >= 11 is 6.20. The first-order valence-electron chi connectivity index (χ1n) is 10.9. The lowest BCUT2D eigenvalue weighted by Crippen LogP contribution is -2.48. The highest BCUT2D eigenvalue weighted by atomic mass is 35.5. The molecule has 1 aliphatic rings. The summed E-state index contributed by atoms with van der Waals surface area (Å²) < 4.78 is 0. The van der Waals surface area contributed by atoms with Crippen LogP contribution < -0.4 is 10.2 Å². The van der Waals surface area contributed by atoms with Crippen LogP contribution in [0.2, 0.25) is 5.02 Å². The van der Waals surface area contributed by atoms with E-state index in [9.17, 15) is 9.59 Å². The second-order valence-electron chi connectivity index (χ2n) is 8.04. The van der Waals surface area contributed by atoms with Gasteiger partial charge in [0, 0.05) is 43.6 Å². The summed E-state index contributed by atoms with van der Waals surface area (Å²) in [6, 6.07) is 22.9. The minimum Gasteiger partial charge on any atom is -0.368 e. The number of anilines is 2. The number of carbonyl (C=O) groups is 2. The van der Waals surface area contributed by atoms with Gasteiger partial charge in [-0.1, -0.05) is 48.0 Å². The number of amides is 2. The standard InChI is InChI=1S/C27H26ClN3O2/c1-20-7-13-24(25(28)19-20)27(33)29-22-9-11-23(12-10-22)30-15-17-31(18-16-30)26(32)14-8-21-5-3-2-4-6-21/h2-14,19H,15-18H2,1H3,(H,29,33). The highest BCUT2D eigenvalue weighted by Gasteiger charge is 2.20. The Morgan fingerprint density at radius 2 is 1.61 bits per heavy atom. The molecule has 3 aromatic rings. The van der Waals surface area contributed by atoms with Crippen LogP contribution >= 0.6 is 11.6 Å². The smallest absolute Gasteiger partial charge is 0.257 e. The molecule has 0 saturated carbocycles. The molecule has 0 aliphatic carbocycles. The summed E-state index contributed by atoms with van der Waals surface area (Å²) in [7, 11) is 0. The number of hydrogen-bond donors (Lipinski definition) is 1. The zero-order chi connectivity index (χ0) is 23.2. The molecule has 6 heteroatoms. The van der Waals surface area contributed by atoms with Crippen LogP contribution in [0.4, 0.5) is 11.4 Å². The SMILES string of the molecule is Cc1ccc(C(=O)Nc2ccc(N3CCN(C(=O)C=Cc4ccccc4)CC3)cc2)c(Cl)c1. The number of carbonyl (C=O) groups excluding carboxylic acids is 2. The van der Waals surface area contributed by atoms with Crippen molar-refractivity contribution in [1.82, 2.24) is 4.90 Å². The van der Waals surface area contributed by atoms with E-state index in [1.807, 2.05) is 78.6 Å². The molecule has 1 aliphatic heterocycles. The van der Waals surface area contributed by atoms with Gasteiger partial charge in [0.1, 0.15) is 0 Å². The molecule has 168 valence electrons. The topological polar surface area (TPSA) is 52.7 Å². The summed E-state index contributed by atoms with van der Waals surface area (Å²) in [5.41, 5.74) is 4.25. The van der Waals surface area contributed by atoms with Crippen molar-refractivity contribution in [3.8, 4) is 0 Å². The van der Waals surface area contributed by atoms with Crippen molar-refractivity contribution in [2.24, 2.45) is 0 Å². The van der Waals surface area contributed by atoms with Crippen LogP contribution in [0.5, 0.6) is 0 Å². The molecule has 5 nitrogen and oxygen atoms in total. The monoisotopic (exact) mass is 459 g/mol. The largest absolute Gasteiger partial charge is 0.368 e. The van der Waals surface area contributed by atoms with Crippen molar-refractivity contribution in [2.75, 3.05) is 36.4 Å². The minimum atomic E-state index is -0.233. The number of halogens is 1. The number of benzene rings is 3. The highest BCUT2D eigenvalue weighted by molar-refractivity contribution is 6.34. The summed E-state index contributed by atoms with van der Waals surface area (Å²) in [6.07, 6.45) is 3.49. The van der Waals surface area contributed by atoms with E-state index in [4.69, 9.17) is 11.6 Å². The van der Waals surface area contributed by atoms with E-state index in [2.05, 4.69) is 10.2 Å². The second kappa shape index (κ2) is 10.4. The Bertz CT molecular complexity index is 1150. The molecule has 0 aromatic heterocycles. The molecular weight excluding hydrogens is 434 g/mol. The Balaban J connectivity index is 1.30. The molecule has 0 spiro atoms. The molecule has 3 aromatic carbocycles. The lowest BCUT2D eigenvalue weighted by atomic mass is 10.1. The Hall–Kier alpha value is -3.57. The van der Waals surface area contributed by atoms with Gasteiger partial charge in [-0.15, -0.1) is 0 Å². The maximum Gasteiger partial charge on any atom is 0.257 e. The molecule has 0 bridgehead atoms. The van der Waals surface area contributed by atoms with Crippen LogP contribution in [-0.2, 0) is 4.79 Å². The van der Waals surface area contributed by atoms with Gasteiger partial charge in [-0.2, -0.15) is 0 Å². The third-order valence-corrected chi connectivity index (χ3v) is 5.98. The van der Waals surface area contributed by atoms with E-state index >= 15 is 0 Å². The van der Waals surface area contributed by atoms with E-state index in [0.717, 1.165) is 29.9 Å². The molecule has 4 rings (SSSR count). The maximum absolute atomic E-state index is 12.5. The highest BCUT2D eigenvalue weighted by Crippen LogP contribution is 2.22. The molecule has 0 atom stereocenters. The lowest BCUT2D eigenvalue weighted by Gasteiger charge is -2.35. The van der Waals surface area contributed by atoms with E-state index in [0.29, 0.717) is 29.4 Å². The Morgan fingerprint density at radius 1 is 0.909 bits per heavy atom. The van der Waals surface area contributed by atoms with Crippen molar-refractivity contribution in [2.45, 2.75) is 6.92 Å². The molecular formula is C27H26ClN3O2. The summed E-state index contributed by atoms with van der Waals surface area (Å²) in [5, 5.41) is 3.34. The molecule has 0 unspecified atom stereocenters. The van der Waals surface area contributed by atoms with Crippen LogP contribution in [0.3, 0.4) is 0 Å². The van der Waals surface area contributed by atoms with Crippen molar-refractivity contribution in [3.63, 3.8) is 0 Å². The Kier molecular flexibility index (Phi) is 7.10. The van der Waals surface area contributed by atoms with Gasteiger partial charge in [0.15, 0.2) is 0 Å². The van der Waals surface area contributed by atoms with Gasteiger partial charge in [-0.25, -0.2) is 0 Å². The zero-order valence-corrected chi connectivity index (χ0v) is 19.3. The fraction of sp³-hybridized carbons (Fsp3) is 0.185. The zero-order valence-electron chi connectivity index (χ0n) is 18.5. The van der Waals surface area contributed by atoms with Crippen LogP contribution in [0.25, 0.3) is 6.08 Å². The molecule has 1 heterocycles. The third-order valence-electron chi connectivity index (χ3n) is 5.67. The van der Waals surface area contributed by atoms with Crippen LogP contribution in [0.1, 0.15) is 21.5 Å². The first-order valence-corrected chi connectivity index (χ1v) is 11.3. The molecule has 2 amide bonds. The fourth-order valence-electron chi connectivity index (χ4n) is 3.78. The average molecular weight is 460 g/mol. The number of nitrogens with zero attached hydrogens (tertiary/aromatic N) is 2. The van der Waals surface area contributed by atoms with Gasteiger partial charge >= 0.3 is 0 Å². The van der Waals surface area contributed by atoms with E-state index in [1.54, 1.807) is 18.2 Å². The first-order chi connectivity index (χ1) is 16.0. The molecule has 33 heavy (non-hydrogen) atoms. The van der Waals surface area contributed by atoms with Gasteiger partial charge in [-0.05, 0) is 60.5 Å². The van der Waals surface area contributed by atoms with Crippen molar-refractivity contribution in [1.29, 1.82) is 0 Å². The predicted molar refractivity (Wildman–Crippen MR) is 135 cm³/mol. The summed E-state index contributed by atoms with van der Waals surface area (Å²) in [5.74, 6) is -0.199. The second-order valence-corrected chi connectivity index (χ2v) is 8.45. The van der Waals surface area contributed by atoms with Gasteiger partial charge in [0.2, 0.25) is 5.91 Å². The first kappa shape index (κ1) is 22.6.